The van der Waals surface area contributed by atoms with Gasteiger partial charge in [0.25, 0.3) is 17.6 Å². The van der Waals surface area contributed by atoms with E-state index in [1.165, 1.54) is 25.2 Å². The predicted octanol–water partition coefficient (Wildman–Crippen LogP) is 5.02. The van der Waals surface area contributed by atoms with Crippen LogP contribution in [0.4, 0.5) is 11.4 Å². The number of methoxy groups -OCH3 is 2. The Bertz CT molecular complexity index is 1840. The number of anilines is 2. The summed E-state index contributed by atoms with van der Waals surface area (Å²) in [5.74, 6) is -0.936. The number of benzene rings is 4. The summed E-state index contributed by atoms with van der Waals surface area (Å²) < 4.78 is 21.9. The summed E-state index contributed by atoms with van der Waals surface area (Å²) in [7, 11) is 2.97. The largest absolute Gasteiger partial charge is 0.497 e. The van der Waals surface area contributed by atoms with Crippen molar-refractivity contribution < 1.29 is 38.1 Å². The highest BCUT2D eigenvalue weighted by atomic mass is 35.5. The summed E-state index contributed by atoms with van der Waals surface area (Å²) in [5, 5.41) is 3.39. The molecule has 4 aromatic rings. The molecule has 0 fully saturated rings. The van der Waals surface area contributed by atoms with Crippen molar-refractivity contribution in [2.45, 2.75) is 12.6 Å². The molecule has 0 spiro atoms. The fourth-order valence-electron chi connectivity index (χ4n) is 5.40. The van der Waals surface area contributed by atoms with Crippen molar-refractivity contribution in [1.82, 2.24) is 4.90 Å². The number of carbonyl (C=O) groups is 4. The van der Waals surface area contributed by atoms with Crippen molar-refractivity contribution in [3.8, 4) is 23.0 Å². The lowest BCUT2D eigenvalue weighted by Crippen LogP contribution is -2.46. The van der Waals surface area contributed by atoms with Gasteiger partial charge in [-0.1, -0.05) is 41.9 Å². The zero-order valence-corrected chi connectivity index (χ0v) is 25.6. The van der Waals surface area contributed by atoms with Crippen molar-refractivity contribution in [3.05, 3.63) is 107 Å². The monoisotopic (exact) mass is 641 g/mol. The first-order valence-corrected chi connectivity index (χ1v) is 14.6. The van der Waals surface area contributed by atoms with Gasteiger partial charge in [-0.25, -0.2) is 0 Å². The Morgan fingerprint density at radius 1 is 0.935 bits per heavy atom. The van der Waals surface area contributed by atoms with Crippen LogP contribution in [0.1, 0.15) is 27.5 Å². The van der Waals surface area contributed by atoms with Gasteiger partial charge >= 0.3 is 0 Å². The van der Waals surface area contributed by atoms with Crippen molar-refractivity contribution in [1.29, 1.82) is 0 Å². The highest BCUT2D eigenvalue weighted by molar-refractivity contribution is 6.52. The summed E-state index contributed by atoms with van der Waals surface area (Å²) in [6.45, 7) is -0.522. The molecule has 0 aliphatic carbocycles. The number of nitrogens with one attached hydrogen (secondary N) is 1. The first kappa shape index (κ1) is 30.5. The maximum absolute atomic E-state index is 14.4. The first-order chi connectivity index (χ1) is 22.3. The van der Waals surface area contributed by atoms with Gasteiger partial charge in [0.2, 0.25) is 12.7 Å². The first-order valence-electron chi connectivity index (χ1n) is 14.2. The smallest absolute Gasteiger partial charge is 0.299 e. The van der Waals surface area contributed by atoms with E-state index in [4.69, 9.17) is 30.5 Å². The van der Waals surface area contributed by atoms with E-state index in [1.54, 1.807) is 78.9 Å². The average molecular weight is 642 g/mol. The van der Waals surface area contributed by atoms with Crippen molar-refractivity contribution in [3.63, 3.8) is 0 Å². The third kappa shape index (κ3) is 5.92. The van der Waals surface area contributed by atoms with E-state index in [-0.39, 0.29) is 18.9 Å². The normalized spacial score (nSPS) is 13.7. The molecule has 2 heterocycles. The molecule has 234 valence electrons. The van der Waals surface area contributed by atoms with Crippen LogP contribution in [0.25, 0.3) is 0 Å². The number of fused-ring (bicyclic) bond motifs is 2. The maximum atomic E-state index is 14.4. The van der Waals surface area contributed by atoms with Gasteiger partial charge in [-0.2, -0.15) is 0 Å². The number of nitrogens with zero attached hydrogens (tertiary/aromatic N) is 2. The summed E-state index contributed by atoms with van der Waals surface area (Å²) in [5.41, 5.74) is 1.96. The zero-order valence-electron chi connectivity index (χ0n) is 24.8. The van der Waals surface area contributed by atoms with E-state index < -0.39 is 36.1 Å². The number of Topliss-reactive ketones (excluding diaryl/α,β-unsaturated/α-hetero) is 1. The summed E-state index contributed by atoms with van der Waals surface area (Å²) in [4.78, 5) is 57.0. The number of carbonyl (C=O) groups excluding carboxylic acids is 4. The molecular weight excluding hydrogens is 614 g/mol. The third-order valence-electron chi connectivity index (χ3n) is 7.70. The Balaban J connectivity index is 1.42. The number of amides is 3. The van der Waals surface area contributed by atoms with Crippen LogP contribution in [-0.4, -0.2) is 56.0 Å². The Morgan fingerprint density at radius 3 is 2.46 bits per heavy atom. The van der Waals surface area contributed by atoms with E-state index in [0.29, 0.717) is 50.5 Å². The van der Waals surface area contributed by atoms with Crippen LogP contribution in [0.3, 0.4) is 0 Å². The fraction of sp³-hybridized carbons (Fsp3) is 0.176. The molecule has 0 saturated heterocycles. The van der Waals surface area contributed by atoms with E-state index >= 15 is 0 Å². The second kappa shape index (κ2) is 12.8. The summed E-state index contributed by atoms with van der Waals surface area (Å²) >= 11 is 6.14. The minimum atomic E-state index is -1.24. The number of ether oxygens (including phenoxy) is 4. The second-order valence-electron chi connectivity index (χ2n) is 10.5. The molecule has 0 saturated carbocycles. The highest BCUT2D eigenvalue weighted by Gasteiger charge is 2.40. The maximum Gasteiger partial charge on any atom is 0.299 e. The van der Waals surface area contributed by atoms with Gasteiger partial charge in [-0.15, -0.1) is 0 Å². The van der Waals surface area contributed by atoms with E-state index in [1.807, 2.05) is 0 Å². The number of ketones is 1. The molecule has 12 heteroatoms. The lowest BCUT2D eigenvalue weighted by molar-refractivity contribution is -0.139. The molecule has 2 aliphatic rings. The quantitative estimate of drug-likeness (QED) is 0.239. The molecule has 6 rings (SSSR count). The van der Waals surface area contributed by atoms with Crippen LogP contribution in [0.15, 0.2) is 84.9 Å². The molecule has 46 heavy (non-hydrogen) atoms. The van der Waals surface area contributed by atoms with Crippen molar-refractivity contribution in [2.75, 3.05) is 37.8 Å². The van der Waals surface area contributed by atoms with Crippen molar-refractivity contribution in [2.24, 2.45) is 0 Å². The van der Waals surface area contributed by atoms with E-state index in [2.05, 4.69) is 5.32 Å². The SMILES string of the molecule is COc1ccc(NC(=O)C(c2ccc3c(c2)OCO3)N(Cc2ccc(Cl)cc2)C(=O)CN2C(=O)C(=O)c3ccccc32)c(OC)c1. The van der Waals surface area contributed by atoms with Gasteiger partial charge in [-0.05, 0) is 59.7 Å². The third-order valence-corrected chi connectivity index (χ3v) is 7.95. The van der Waals surface area contributed by atoms with Crippen molar-refractivity contribution >= 4 is 46.5 Å². The Morgan fingerprint density at radius 2 is 1.70 bits per heavy atom. The standard InChI is InChI=1S/C34H28ClN3O8/c1-43-23-12-13-25(28(16-23)44-2)36-33(41)31(21-9-14-27-29(15-21)46-19-45-27)38(17-20-7-10-22(35)11-8-20)30(39)18-37-26-6-4-3-5-24(26)32(40)34(37)42/h3-16,31H,17-19H2,1-2H3,(H,36,41). The van der Waals surface area contributed by atoms with Crippen LogP contribution >= 0.6 is 11.6 Å². The minimum absolute atomic E-state index is 0.0105. The van der Waals surface area contributed by atoms with Crippen LogP contribution in [0, 0.1) is 0 Å². The van der Waals surface area contributed by atoms with Gasteiger partial charge in [-0.3, -0.25) is 24.1 Å². The fourth-order valence-corrected chi connectivity index (χ4v) is 5.53. The zero-order chi connectivity index (χ0) is 32.4. The number of para-hydroxylation sites is 1. The lowest BCUT2D eigenvalue weighted by Gasteiger charge is -2.33. The molecule has 0 radical (unpaired) electrons. The van der Waals surface area contributed by atoms with Gasteiger partial charge < -0.3 is 29.2 Å². The Kier molecular flexibility index (Phi) is 8.49. The lowest BCUT2D eigenvalue weighted by atomic mass is 10.0. The Labute approximate surface area is 269 Å². The number of rotatable bonds is 10. The number of halogens is 1. The van der Waals surface area contributed by atoms with Gasteiger partial charge in [0.1, 0.15) is 24.1 Å². The topological polar surface area (TPSA) is 124 Å². The van der Waals surface area contributed by atoms with E-state index in [9.17, 15) is 19.2 Å². The predicted molar refractivity (Wildman–Crippen MR) is 169 cm³/mol. The Hall–Kier alpha value is -5.55. The molecule has 1 unspecified atom stereocenters. The summed E-state index contributed by atoms with van der Waals surface area (Å²) in [6.07, 6.45) is 0. The van der Waals surface area contributed by atoms with Crippen LogP contribution in [-0.2, 0) is 20.9 Å². The van der Waals surface area contributed by atoms with Gasteiger partial charge in [0, 0.05) is 17.6 Å². The van der Waals surface area contributed by atoms with Crippen LogP contribution in [0.5, 0.6) is 23.0 Å². The van der Waals surface area contributed by atoms with Crippen LogP contribution < -0.4 is 29.2 Å². The molecule has 4 aromatic carbocycles. The molecule has 1 atom stereocenters. The number of hydrogen-bond donors (Lipinski definition) is 1. The highest BCUT2D eigenvalue weighted by Crippen LogP contribution is 2.38. The molecule has 11 nitrogen and oxygen atoms in total. The van der Waals surface area contributed by atoms with Crippen LogP contribution in [0.2, 0.25) is 5.02 Å². The van der Waals surface area contributed by atoms with Gasteiger partial charge in [0.05, 0.1) is 31.2 Å². The molecule has 2 aliphatic heterocycles. The van der Waals surface area contributed by atoms with Gasteiger partial charge in [0.15, 0.2) is 11.5 Å². The average Bonchev–Trinajstić information content (AvgIpc) is 3.64. The molecule has 0 bridgehead atoms. The molecular formula is C34H28ClN3O8. The van der Waals surface area contributed by atoms with E-state index in [0.717, 1.165) is 4.90 Å². The number of hydrogen-bond acceptors (Lipinski definition) is 8. The molecule has 1 N–H and O–H groups in total. The summed E-state index contributed by atoms with van der Waals surface area (Å²) in [6, 6.07) is 21.9. The molecule has 3 amide bonds. The second-order valence-corrected chi connectivity index (χ2v) is 10.9. The molecule has 0 aromatic heterocycles. The minimum Gasteiger partial charge on any atom is -0.497 e.